The fourth-order valence-corrected chi connectivity index (χ4v) is 1.87. The molecule has 1 heterocycles. The fraction of sp³-hybridized carbons (Fsp3) is 0.444. The second kappa shape index (κ2) is 3.98. The Morgan fingerprint density at radius 1 is 1.60 bits per heavy atom. The summed E-state index contributed by atoms with van der Waals surface area (Å²) < 4.78 is 0. The monoisotopic (exact) mass is 226 g/mol. The zero-order valence-corrected chi connectivity index (χ0v) is 8.71. The molecular formula is C9H10N2O3S. The number of amides is 1. The largest absolute Gasteiger partial charge is 0.477 e. The summed E-state index contributed by atoms with van der Waals surface area (Å²) in [6.45, 7) is 0. The Morgan fingerprint density at radius 2 is 2.33 bits per heavy atom. The highest BCUT2D eigenvalue weighted by Gasteiger charge is 2.24. The van der Waals surface area contributed by atoms with Crippen LogP contribution in [0.5, 0.6) is 0 Å². The summed E-state index contributed by atoms with van der Waals surface area (Å²) >= 11 is 1.04. The van der Waals surface area contributed by atoms with E-state index in [-0.39, 0.29) is 17.2 Å². The van der Waals surface area contributed by atoms with Crippen LogP contribution in [0.3, 0.4) is 0 Å². The fourth-order valence-electron chi connectivity index (χ4n) is 1.23. The van der Waals surface area contributed by atoms with Gasteiger partial charge in [0.15, 0.2) is 0 Å². The van der Waals surface area contributed by atoms with Crippen molar-refractivity contribution in [1.82, 2.24) is 10.3 Å². The molecule has 0 spiro atoms. The highest BCUT2D eigenvalue weighted by atomic mass is 32.1. The Labute approximate surface area is 90.1 Å². The molecule has 1 aliphatic carbocycles. The number of rotatable bonds is 4. The molecule has 0 unspecified atom stereocenters. The van der Waals surface area contributed by atoms with Crippen LogP contribution in [0.25, 0.3) is 0 Å². The van der Waals surface area contributed by atoms with Crippen LogP contribution >= 0.6 is 11.3 Å². The van der Waals surface area contributed by atoms with E-state index in [1.807, 2.05) is 0 Å². The smallest absolute Gasteiger partial charge is 0.347 e. The molecule has 2 N–H and O–H groups in total. The van der Waals surface area contributed by atoms with Crippen LogP contribution in [0.4, 0.5) is 0 Å². The van der Waals surface area contributed by atoms with E-state index >= 15 is 0 Å². The maximum Gasteiger partial charge on any atom is 0.347 e. The summed E-state index contributed by atoms with van der Waals surface area (Å²) in [5.74, 6) is -1.17. The minimum atomic E-state index is -1.02. The maximum absolute atomic E-state index is 11.4. The van der Waals surface area contributed by atoms with Crippen molar-refractivity contribution in [2.45, 2.75) is 25.3 Å². The molecule has 0 aliphatic heterocycles. The van der Waals surface area contributed by atoms with Gasteiger partial charge in [-0.25, -0.2) is 9.78 Å². The number of carboxylic acid groups (broad SMARTS) is 1. The van der Waals surface area contributed by atoms with Gasteiger partial charge in [0.2, 0.25) is 5.91 Å². The first-order valence-electron chi connectivity index (χ1n) is 4.62. The summed E-state index contributed by atoms with van der Waals surface area (Å²) in [5, 5.41) is 11.6. The van der Waals surface area contributed by atoms with Crippen LogP contribution in [0.15, 0.2) is 5.51 Å². The van der Waals surface area contributed by atoms with Crippen molar-refractivity contribution in [3.05, 3.63) is 16.1 Å². The van der Waals surface area contributed by atoms with Crippen LogP contribution in [0, 0.1) is 0 Å². The molecule has 5 nitrogen and oxygen atoms in total. The van der Waals surface area contributed by atoms with Crippen LogP contribution in [0.2, 0.25) is 0 Å². The van der Waals surface area contributed by atoms with Gasteiger partial charge in [-0.05, 0) is 12.8 Å². The van der Waals surface area contributed by atoms with Gasteiger partial charge in [-0.15, -0.1) is 11.3 Å². The van der Waals surface area contributed by atoms with E-state index in [1.165, 1.54) is 5.51 Å². The second-order valence-electron chi connectivity index (χ2n) is 3.45. The molecule has 1 saturated carbocycles. The third-order valence-corrected chi connectivity index (χ3v) is 2.96. The van der Waals surface area contributed by atoms with Crippen LogP contribution < -0.4 is 5.32 Å². The van der Waals surface area contributed by atoms with Crippen molar-refractivity contribution in [3.8, 4) is 0 Å². The van der Waals surface area contributed by atoms with E-state index in [0.29, 0.717) is 11.7 Å². The first kappa shape index (κ1) is 10.1. The molecule has 0 radical (unpaired) electrons. The van der Waals surface area contributed by atoms with Crippen molar-refractivity contribution in [1.29, 1.82) is 0 Å². The number of nitrogens with one attached hydrogen (secondary N) is 1. The second-order valence-corrected chi connectivity index (χ2v) is 4.31. The van der Waals surface area contributed by atoms with Crippen molar-refractivity contribution < 1.29 is 14.7 Å². The molecular weight excluding hydrogens is 216 g/mol. The number of carboxylic acids is 1. The SMILES string of the molecule is O=C(Cc1ncsc1C(=O)O)NC1CC1. The minimum Gasteiger partial charge on any atom is -0.477 e. The van der Waals surface area contributed by atoms with E-state index < -0.39 is 5.97 Å². The molecule has 80 valence electrons. The van der Waals surface area contributed by atoms with Gasteiger partial charge in [0.05, 0.1) is 17.6 Å². The van der Waals surface area contributed by atoms with Gasteiger partial charge in [-0.1, -0.05) is 0 Å². The van der Waals surface area contributed by atoms with Crippen molar-refractivity contribution >= 4 is 23.2 Å². The third-order valence-electron chi connectivity index (χ3n) is 2.11. The van der Waals surface area contributed by atoms with Crippen LogP contribution in [-0.2, 0) is 11.2 Å². The predicted octanol–water partition coefficient (Wildman–Crippen LogP) is 0.662. The van der Waals surface area contributed by atoms with Crippen LogP contribution in [0.1, 0.15) is 28.2 Å². The molecule has 1 amide bonds. The molecule has 1 fully saturated rings. The number of nitrogens with zero attached hydrogens (tertiary/aromatic N) is 1. The van der Waals surface area contributed by atoms with Crippen LogP contribution in [-0.4, -0.2) is 28.0 Å². The molecule has 1 aliphatic rings. The molecule has 15 heavy (non-hydrogen) atoms. The average Bonchev–Trinajstić information content (AvgIpc) is 2.82. The molecule has 6 heteroatoms. The van der Waals surface area contributed by atoms with E-state index in [1.54, 1.807) is 0 Å². The Balaban J connectivity index is 1.99. The lowest BCUT2D eigenvalue weighted by Crippen LogP contribution is -2.27. The van der Waals surface area contributed by atoms with Crippen molar-refractivity contribution in [3.63, 3.8) is 0 Å². The number of carbonyl (C=O) groups excluding carboxylic acids is 1. The lowest BCUT2D eigenvalue weighted by atomic mass is 10.2. The lowest BCUT2D eigenvalue weighted by molar-refractivity contribution is -0.120. The molecule has 0 bridgehead atoms. The maximum atomic E-state index is 11.4. The Morgan fingerprint density at radius 3 is 2.93 bits per heavy atom. The summed E-state index contributed by atoms with van der Waals surface area (Å²) in [6.07, 6.45) is 2.10. The van der Waals surface area contributed by atoms with Gasteiger partial charge in [0, 0.05) is 6.04 Å². The van der Waals surface area contributed by atoms with Gasteiger partial charge in [0.25, 0.3) is 0 Å². The highest BCUT2D eigenvalue weighted by molar-refractivity contribution is 7.11. The summed E-state index contributed by atoms with van der Waals surface area (Å²) in [6, 6.07) is 0.296. The van der Waals surface area contributed by atoms with Gasteiger partial charge in [-0.2, -0.15) is 0 Å². The summed E-state index contributed by atoms with van der Waals surface area (Å²) in [7, 11) is 0. The predicted molar refractivity (Wildman–Crippen MR) is 53.9 cm³/mol. The number of aromatic nitrogens is 1. The Hall–Kier alpha value is -1.43. The first-order valence-corrected chi connectivity index (χ1v) is 5.50. The average molecular weight is 226 g/mol. The van der Waals surface area contributed by atoms with Gasteiger partial charge in [-0.3, -0.25) is 4.79 Å². The number of thiazole rings is 1. The molecule has 1 aromatic heterocycles. The minimum absolute atomic E-state index is 0.0572. The topological polar surface area (TPSA) is 79.3 Å². The van der Waals surface area contributed by atoms with Crippen molar-refractivity contribution in [2.24, 2.45) is 0 Å². The molecule has 0 atom stereocenters. The quantitative estimate of drug-likeness (QED) is 0.790. The number of hydrogen-bond acceptors (Lipinski definition) is 4. The van der Waals surface area contributed by atoms with Gasteiger partial charge >= 0.3 is 5.97 Å². The number of carbonyl (C=O) groups is 2. The van der Waals surface area contributed by atoms with Crippen molar-refractivity contribution in [2.75, 3.05) is 0 Å². The zero-order valence-electron chi connectivity index (χ0n) is 7.90. The summed E-state index contributed by atoms with van der Waals surface area (Å²) in [4.78, 5) is 26.2. The number of aromatic carboxylic acids is 1. The zero-order chi connectivity index (χ0) is 10.8. The molecule has 2 rings (SSSR count). The Kier molecular flexibility index (Phi) is 2.68. The standard InChI is InChI=1S/C9H10N2O3S/c12-7(11-5-1-2-5)3-6-8(9(13)14)15-4-10-6/h4-5H,1-3H2,(H,11,12)(H,13,14). The molecule has 1 aromatic rings. The normalized spacial score (nSPS) is 14.9. The van der Waals surface area contributed by atoms with E-state index in [4.69, 9.17) is 5.11 Å². The van der Waals surface area contributed by atoms with E-state index in [9.17, 15) is 9.59 Å². The van der Waals surface area contributed by atoms with E-state index in [2.05, 4.69) is 10.3 Å². The first-order chi connectivity index (χ1) is 7.16. The number of hydrogen-bond donors (Lipinski definition) is 2. The van der Waals surface area contributed by atoms with Gasteiger partial charge in [0.1, 0.15) is 4.88 Å². The highest BCUT2D eigenvalue weighted by Crippen LogP contribution is 2.19. The molecule has 0 aromatic carbocycles. The Bertz CT molecular complexity index is 398. The molecule has 0 saturated heterocycles. The summed E-state index contributed by atoms with van der Waals surface area (Å²) in [5.41, 5.74) is 1.80. The van der Waals surface area contributed by atoms with Gasteiger partial charge < -0.3 is 10.4 Å². The van der Waals surface area contributed by atoms with E-state index in [0.717, 1.165) is 24.2 Å². The lowest BCUT2D eigenvalue weighted by Gasteiger charge is -2.01. The third kappa shape index (κ3) is 2.53.